The molecule has 0 unspecified atom stereocenters. The Balaban J connectivity index is 0.00000392. The van der Waals surface area contributed by atoms with Gasteiger partial charge in [0.15, 0.2) is 5.96 Å². The van der Waals surface area contributed by atoms with Crippen LogP contribution in [0.2, 0.25) is 0 Å². The second-order valence-corrected chi connectivity index (χ2v) is 7.55. The molecule has 1 aromatic carbocycles. The number of carbonyl (C=O) groups is 1. The summed E-state index contributed by atoms with van der Waals surface area (Å²) in [5.41, 5.74) is -0.119. The second-order valence-electron chi connectivity index (χ2n) is 7.55. The van der Waals surface area contributed by atoms with E-state index in [0.29, 0.717) is 45.0 Å². The first-order chi connectivity index (χ1) is 12.7. The lowest BCUT2D eigenvalue weighted by atomic mass is 9.96. The van der Waals surface area contributed by atoms with Crippen molar-refractivity contribution >= 4 is 41.5 Å². The van der Waals surface area contributed by atoms with Crippen molar-refractivity contribution < 1.29 is 13.6 Å². The summed E-state index contributed by atoms with van der Waals surface area (Å²) in [5.74, 6) is -0.116. The molecule has 9 heteroatoms. The molecule has 0 aliphatic carbocycles. The van der Waals surface area contributed by atoms with E-state index in [1.54, 1.807) is 7.05 Å². The van der Waals surface area contributed by atoms with Crippen LogP contribution in [0, 0.1) is 17.0 Å². The van der Waals surface area contributed by atoms with Gasteiger partial charge in [0.2, 0.25) is 5.91 Å². The zero-order chi connectivity index (χ0) is 20.0. The highest BCUT2D eigenvalue weighted by atomic mass is 127. The molecule has 1 fully saturated rings. The molecule has 1 heterocycles. The number of rotatable bonds is 4. The Labute approximate surface area is 182 Å². The molecule has 2 N–H and O–H groups in total. The first-order valence-electron chi connectivity index (χ1n) is 9.16. The molecular weight excluding hydrogens is 479 g/mol. The van der Waals surface area contributed by atoms with E-state index < -0.39 is 17.0 Å². The second kappa shape index (κ2) is 10.8. The number of piperazine rings is 1. The Bertz CT molecular complexity index is 685. The fourth-order valence-corrected chi connectivity index (χ4v) is 2.84. The third kappa shape index (κ3) is 6.75. The number of guanidine groups is 1. The van der Waals surface area contributed by atoms with E-state index in [4.69, 9.17) is 0 Å². The molecule has 0 saturated carbocycles. The molecule has 158 valence electrons. The lowest BCUT2D eigenvalue weighted by Crippen LogP contribution is -2.53. The Kier molecular flexibility index (Phi) is 9.38. The Hall–Kier alpha value is -1.65. The van der Waals surface area contributed by atoms with Crippen LogP contribution < -0.4 is 15.5 Å². The summed E-state index contributed by atoms with van der Waals surface area (Å²) in [7, 11) is 1.70. The van der Waals surface area contributed by atoms with E-state index >= 15 is 0 Å². The molecule has 1 aliphatic heterocycles. The van der Waals surface area contributed by atoms with Gasteiger partial charge < -0.3 is 20.4 Å². The van der Waals surface area contributed by atoms with E-state index in [0.717, 1.165) is 18.1 Å². The van der Waals surface area contributed by atoms with Crippen LogP contribution in [-0.2, 0) is 4.79 Å². The van der Waals surface area contributed by atoms with Crippen molar-refractivity contribution in [3.63, 3.8) is 0 Å². The minimum absolute atomic E-state index is 0. The van der Waals surface area contributed by atoms with Gasteiger partial charge in [0, 0.05) is 57.8 Å². The van der Waals surface area contributed by atoms with Crippen LogP contribution in [-0.4, -0.2) is 63.1 Å². The molecule has 1 amide bonds. The van der Waals surface area contributed by atoms with Gasteiger partial charge in [0.25, 0.3) is 0 Å². The predicted molar refractivity (Wildman–Crippen MR) is 119 cm³/mol. The van der Waals surface area contributed by atoms with E-state index in [1.165, 1.54) is 6.07 Å². The Morgan fingerprint density at radius 2 is 1.71 bits per heavy atom. The van der Waals surface area contributed by atoms with Crippen molar-refractivity contribution in [3.05, 3.63) is 29.8 Å². The molecule has 0 spiro atoms. The average molecular weight is 509 g/mol. The van der Waals surface area contributed by atoms with E-state index in [2.05, 4.69) is 20.5 Å². The van der Waals surface area contributed by atoms with E-state index in [9.17, 15) is 13.6 Å². The van der Waals surface area contributed by atoms with Crippen molar-refractivity contribution in [1.29, 1.82) is 0 Å². The Morgan fingerprint density at radius 1 is 1.11 bits per heavy atom. The molecule has 1 aliphatic rings. The van der Waals surface area contributed by atoms with Gasteiger partial charge in [0.1, 0.15) is 11.6 Å². The number of hydrogen-bond donors (Lipinski definition) is 2. The molecule has 1 aromatic rings. The quantitative estimate of drug-likeness (QED) is 0.284. The molecule has 6 nitrogen and oxygen atoms in total. The maximum atomic E-state index is 13.9. The number of anilines is 1. The lowest BCUT2D eigenvalue weighted by molar-refractivity contribution is -0.128. The number of amides is 1. The molecule has 2 rings (SSSR count). The smallest absolute Gasteiger partial charge is 0.225 e. The minimum Gasteiger partial charge on any atom is -0.366 e. The number of benzene rings is 1. The zero-order valence-electron chi connectivity index (χ0n) is 16.9. The van der Waals surface area contributed by atoms with Crippen molar-refractivity contribution in [2.45, 2.75) is 20.8 Å². The molecule has 1 saturated heterocycles. The highest BCUT2D eigenvalue weighted by Gasteiger charge is 2.23. The lowest BCUT2D eigenvalue weighted by Gasteiger charge is -2.37. The third-order valence-electron chi connectivity index (χ3n) is 4.41. The summed E-state index contributed by atoms with van der Waals surface area (Å²) in [6.07, 6.45) is 0. The zero-order valence-corrected chi connectivity index (χ0v) is 19.2. The molecule has 0 aromatic heterocycles. The first kappa shape index (κ1) is 24.4. The molecule has 0 bridgehead atoms. The summed E-state index contributed by atoms with van der Waals surface area (Å²) in [6.45, 7) is 9.11. The fourth-order valence-electron chi connectivity index (χ4n) is 2.84. The normalized spacial score (nSPS) is 15.1. The van der Waals surface area contributed by atoms with E-state index in [-0.39, 0.29) is 29.9 Å². The Morgan fingerprint density at radius 3 is 2.29 bits per heavy atom. The standard InChI is InChI=1S/C19H29F2N5O.HI/c1-19(2,3)17(27)23-7-8-24-18(22-4)26-11-9-25(10-12-26)16-13-14(20)5-6-15(16)21;/h5-6,13H,7-12H2,1-4H3,(H,22,24)(H,23,27);1H. The number of carbonyl (C=O) groups excluding carboxylic acids is 1. The number of aliphatic imine (C=N–C) groups is 1. The molecule has 0 atom stereocenters. The summed E-state index contributed by atoms with van der Waals surface area (Å²) in [5, 5.41) is 6.11. The highest BCUT2D eigenvalue weighted by Crippen LogP contribution is 2.21. The summed E-state index contributed by atoms with van der Waals surface area (Å²) >= 11 is 0. The SMILES string of the molecule is CN=C(NCCNC(=O)C(C)(C)C)N1CCN(c2cc(F)ccc2F)CC1.I. The van der Waals surface area contributed by atoms with Crippen LogP contribution >= 0.6 is 24.0 Å². The summed E-state index contributed by atoms with van der Waals surface area (Å²) < 4.78 is 27.3. The van der Waals surface area contributed by atoms with Crippen LogP contribution in [0.1, 0.15) is 20.8 Å². The minimum atomic E-state index is -0.441. The average Bonchev–Trinajstić information content (AvgIpc) is 2.63. The third-order valence-corrected chi connectivity index (χ3v) is 4.41. The van der Waals surface area contributed by atoms with Gasteiger partial charge in [0.05, 0.1) is 5.69 Å². The molecule has 28 heavy (non-hydrogen) atoms. The molecule has 0 radical (unpaired) electrons. The van der Waals surface area contributed by atoms with Crippen molar-refractivity contribution in [1.82, 2.24) is 15.5 Å². The number of nitrogens with zero attached hydrogens (tertiary/aromatic N) is 3. The first-order valence-corrected chi connectivity index (χ1v) is 9.16. The van der Waals surface area contributed by atoms with Gasteiger partial charge in [-0.15, -0.1) is 24.0 Å². The van der Waals surface area contributed by atoms with Crippen LogP contribution in [0.5, 0.6) is 0 Å². The maximum absolute atomic E-state index is 13.9. The maximum Gasteiger partial charge on any atom is 0.225 e. The van der Waals surface area contributed by atoms with Gasteiger partial charge >= 0.3 is 0 Å². The van der Waals surface area contributed by atoms with Gasteiger partial charge in [-0.05, 0) is 12.1 Å². The van der Waals surface area contributed by atoms with Gasteiger partial charge in [-0.3, -0.25) is 9.79 Å². The van der Waals surface area contributed by atoms with Crippen molar-refractivity contribution in [3.8, 4) is 0 Å². The van der Waals surface area contributed by atoms with Gasteiger partial charge in [-0.2, -0.15) is 0 Å². The largest absolute Gasteiger partial charge is 0.366 e. The van der Waals surface area contributed by atoms with Gasteiger partial charge in [-0.1, -0.05) is 20.8 Å². The topological polar surface area (TPSA) is 60.0 Å². The van der Waals surface area contributed by atoms with Crippen molar-refractivity contribution in [2.24, 2.45) is 10.4 Å². The van der Waals surface area contributed by atoms with Crippen LogP contribution in [0.3, 0.4) is 0 Å². The number of halogens is 3. The number of nitrogens with one attached hydrogen (secondary N) is 2. The van der Waals surface area contributed by atoms with Crippen LogP contribution in [0.4, 0.5) is 14.5 Å². The van der Waals surface area contributed by atoms with E-state index in [1.807, 2.05) is 25.7 Å². The van der Waals surface area contributed by atoms with Crippen LogP contribution in [0.25, 0.3) is 0 Å². The predicted octanol–water partition coefficient (Wildman–Crippen LogP) is 2.44. The summed E-state index contributed by atoms with van der Waals surface area (Å²) in [6, 6.07) is 3.51. The number of hydrogen-bond acceptors (Lipinski definition) is 3. The van der Waals surface area contributed by atoms with Gasteiger partial charge in [-0.25, -0.2) is 8.78 Å². The monoisotopic (exact) mass is 509 g/mol. The summed E-state index contributed by atoms with van der Waals surface area (Å²) in [4.78, 5) is 20.0. The van der Waals surface area contributed by atoms with Crippen molar-refractivity contribution in [2.75, 3.05) is 51.2 Å². The molecular formula is C19H30F2IN5O. The van der Waals surface area contributed by atoms with Crippen LogP contribution in [0.15, 0.2) is 23.2 Å². The highest BCUT2D eigenvalue weighted by molar-refractivity contribution is 14.0. The fraction of sp³-hybridized carbons (Fsp3) is 0.579.